The third kappa shape index (κ3) is 3.00. The molecule has 0 aliphatic heterocycles. The van der Waals surface area contributed by atoms with Crippen molar-refractivity contribution < 1.29 is 16.8 Å². The molecule has 2 aromatic carbocycles. The van der Waals surface area contributed by atoms with Crippen LogP contribution < -0.4 is 11.5 Å². The van der Waals surface area contributed by atoms with Crippen LogP contribution in [0.5, 0.6) is 0 Å². The molecule has 6 nitrogen and oxygen atoms in total. The second-order valence-corrected chi connectivity index (χ2v) is 11.7. The van der Waals surface area contributed by atoms with Crippen molar-refractivity contribution in [2.75, 3.05) is 11.5 Å². The average molecular weight is 383 g/mol. The van der Waals surface area contributed by atoms with E-state index in [4.69, 9.17) is 11.5 Å². The summed E-state index contributed by atoms with van der Waals surface area (Å²) < 4.78 is 50.2. The van der Waals surface area contributed by atoms with E-state index in [2.05, 4.69) is 0 Å². The van der Waals surface area contributed by atoms with Crippen LogP contribution >= 0.6 is 0 Å². The number of sulfone groups is 2. The Hall–Kier alpha value is -2.06. The van der Waals surface area contributed by atoms with Gasteiger partial charge in [0.05, 0.1) is 21.2 Å². The number of anilines is 2. The standard InChI is InChI=1S/C17H22N2O4S2/c1-11-5-7-15(13(18)9-11)24(20,21)17(3,4)25(22,23)16-8-6-12(2)10-14(16)19/h5-10H,18-19H2,1-4H3. The Morgan fingerprint density at radius 1 is 0.720 bits per heavy atom. The molecule has 0 saturated heterocycles. The molecule has 0 amide bonds. The number of aryl methyl sites for hydroxylation is 2. The lowest BCUT2D eigenvalue weighted by Gasteiger charge is -2.26. The summed E-state index contributed by atoms with van der Waals surface area (Å²) in [4.78, 5) is -0.422. The van der Waals surface area contributed by atoms with Crippen molar-refractivity contribution in [1.29, 1.82) is 0 Å². The number of hydrogen-bond donors (Lipinski definition) is 2. The molecule has 4 N–H and O–H groups in total. The summed E-state index contributed by atoms with van der Waals surface area (Å²) >= 11 is 0. The lowest BCUT2D eigenvalue weighted by molar-refractivity contribution is 0.556. The minimum atomic E-state index is -4.29. The first-order chi connectivity index (χ1) is 11.3. The maximum atomic E-state index is 13.1. The zero-order chi connectivity index (χ0) is 19.2. The molecule has 25 heavy (non-hydrogen) atoms. The zero-order valence-corrected chi connectivity index (χ0v) is 16.2. The fraction of sp³-hybridized carbons (Fsp3) is 0.294. The van der Waals surface area contributed by atoms with Gasteiger partial charge in [0.25, 0.3) is 0 Å². The van der Waals surface area contributed by atoms with Gasteiger partial charge in [-0.25, -0.2) is 16.8 Å². The Morgan fingerprint density at radius 3 is 1.32 bits per heavy atom. The molecule has 136 valence electrons. The molecule has 0 spiro atoms. The third-order valence-corrected chi connectivity index (χ3v) is 10.0. The minimum absolute atomic E-state index is 0.0140. The van der Waals surface area contributed by atoms with Gasteiger partial charge in [0.1, 0.15) is 0 Å². The molecule has 0 aliphatic carbocycles. The molecule has 2 rings (SSSR count). The third-order valence-electron chi connectivity index (χ3n) is 4.20. The van der Waals surface area contributed by atoms with E-state index in [0.717, 1.165) is 25.0 Å². The van der Waals surface area contributed by atoms with Crippen LogP contribution in [0, 0.1) is 13.8 Å². The summed E-state index contributed by atoms with van der Waals surface area (Å²) in [6, 6.07) is 8.80. The van der Waals surface area contributed by atoms with Crippen LogP contribution in [0.1, 0.15) is 25.0 Å². The van der Waals surface area contributed by atoms with Crippen molar-refractivity contribution in [3.63, 3.8) is 0 Å². The van der Waals surface area contributed by atoms with Gasteiger partial charge in [0.2, 0.25) is 0 Å². The first-order valence-electron chi connectivity index (χ1n) is 7.54. The van der Waals surface area contributed by atoms with E-state index < -0.39 is 23.8 Å². The molecule has 2 aromatic rings. The molecule has 0 fully saturated rings. The van der Waals surface area contributed by atoms with Crippen LogP contribution in [0.25, 0.3) is 0 Å². The van der Waals surface area contributed by atoms with E-state index in [1.807, 2.05) is 0 Å². The SMILES string of the molecule is Cc1ccc(S(=O)(=O)C(C)(C)S(=O)(=O)c2ccc(C)cc2N)c(N)c1. The predicted octanol–water partition coefficient (Wildman–Crippen LogP) is 2.45. The fourth-order valence-electron chi connectivity index (χ4n) is 2.50. The quantitative estimate of drug-likeness (QED) is 0.784. The molecule has 0 radical (unpaired) electrons. The summed E-state index contributed by atoms with van der Waals surface area (Å²) in [6.07, 6.45) is 0. The largest absolute Gasteiger partial charge is 0.398 e. The first-order valence-corrected chi connectivity index (χ1v) is 10.5. The van der Waals surface area contributed by atoms with Gasteiger partial charge in [-0.15, -0.1) is 0 Å². The summed E-state index contributed by atoms with van der Waals surface area (Å²) in [6.45, 7) is 5.83. The van der Waals surface area contributed by atoms with E-state index in [0.29, 0.717) is 0 Å². The molecule has 0 heterocycles. The van der Waals surface area contributed by atoms with Crippen molar-refractivity contribution in [2.24, 2.45) is 0 Å². The molecular weight excluding hydrogens is 360 g/mol. The molecule has 0 atom stereocenters. The van der Waals surface area contributed by atoms with Crippen LogP contribution in [0.4, 0.5) is 11.4 Å². The molecule has 0 aliphatic rings. The van der Waals surface area contributed by atoms with Crippen LogP contribution in [0.3, 0.4) is 0 Å². The second kappa shape index (κ2) is 6.03. The fourth-order valence-corrected chi connectivity index (χ4v) is 6.49. The minimum Gasteiger partial charge on any atom is -0.398 e. The van der Waals surface area contributed by atoms with E-state index in [1.54, 1.807) is 26.0 Å². The van der Waals surface area contributed by atoms with E-state index in [-0.39, 0.29) is 21.2 Å². The molecular formula is C17H22N2O4S2. The van der Waals surface area contributed by atoms with Crippen LogP contribution in [-0.2, 0) is 19.7 Å². The summed E-state index contributed by atoms with van der Waals surface area (Å²) in [5.41, 5.74) is 13.3. The Balaban J connectivity index is 2.70. The van der Waals surface area contributed by atoms with E-state index in [9.17, 15) is 16.8 Å². The highest BCUT2D eigenvalue weighted by Crippen LogP contribution is 2.38. The Morgan fingerprint density at radius 2 is 1.04 bits per heavy atom. The number of rotatable bonds is 4. The Labute approximate surface area is 148 Å². The predicted molar refractivity (Wildman–Crippen MR) is 99.6 cm³/mol. The zero-order valence-electron chi connectivity index (χ0n) is 14.6. The van der Waals surface area contributed by atoms with Crippen molar-refractivity contribution >= 4 is 31.0 Å². The van der Waals surface area contributed by atoms with Crippen molar-refractivity contribution in [1.82, 2.24) is 0 Å². The normalized spacial score (nSPS) is 13.0. The van der Waals surface area contributed by atoms with Crippen LogP contribution in [-0.4, -0.2) is 20.9 Å². The van der Waals surface area contributed by atoms with Crippen molar-refractivity contribution in [3.05, 3.63) is 47.5 Å². The van der Waals surface area contributed by atoms with Gasteiger partial charge in [-0.1, -0.05) is 12.1 Å². The van der Waals surface area contributed by atoms with Gasteiger partial charge in [-0.05, 0) is 63.1 Å². The van der Waals surface area contributed by atoms with Crippen molar-refractivity contribution in [2.45, 2.75) is 41.6 Å². The van der Waals surface area contributed by atoms with Crippen LogP contribution in [0.15, 0.2) is 46.2 Å². The maximum Gasteiger partial charge on any atom is 0.200 e. The van der Waals surface area contributed by atoms with Gasteiger partial charge in [-0.2, -0.15) is 0 Å². The average Bonchev–Trinajstić information content (AvgIpc) is 2.45. The number of nitrogens with two attached hydrogens (primary N) is 2. The number of nitrogen functional groups attached to an aromatic ring is 2. The highest BCUT2D eigenvalue weighted by molar-refractivity contribution is 8.10. The van der Waals surface area contributed by atoms with Gasteiger partial charge < -0.3 is 11.5 Å². The van der Waals surface area contributed by atoms with Gasteiger partial charge in [-0.3, -0.25) is 0 Å². The Kier molecular flexibility index (Phi) is 4.65. The summed E-state index contributed by atoms with van der Waals surface area (Å²) in [5.74, 6) is 0. The van der Waals surface area contributed by atoms with E-state index >= 15 is 0 Å². The molecule has 0 bridgehead atoms. The molecule has 8 heteroatoms. The number of benzene rings is 2. The van der Waals surface area contributed by atoms with E-state index in [1.165, 1.54) is 24.3 Å². The molecule has 0 unspecified atom stereocenters. The van der Waals surface area contributed by atoms with Gasteiger partial charge >= 0.3 is 0 Å². The number of hydrogen-bond acceptors (Lipinski definition) is 6. The van der Waals surface area contributed by atoms with Crippen LogP contribution in [0.2, 0.25) is 0 Å². The first kappa shape index (κ1) is 19.3. The molecule has 0 aromatic heterocycles. The Bertz CT molecular complexity index is 957. The lowest BCUT2D eigenvalue weighted by atomic mass is 10.2. The lowest BCUT2D eigenvalue weighted by Crippen LogP contribution is -2.41. The van der Waals surface area contributed by atoms with Crippen molar-refractivity contribution in [3.8, 4) is 0 Å². The topological polar surface area (TPSA) is 120 Å². The highest BCUT2D eigenvalue weighted by atomic mass is 32.3. The summed E-state index contributed by atoms with van der Waals surface area (Å²) in [5, 5.41) is 0. The van der Waals surface area contributed by atoms with Gasteiger partial charge in [0.15, 0.2) is 23.8 Å². The summed E-state index contributed by atoms with van der Waals surface area (Å²) in [7, 11) is -8.57. The second-order valence-electron chi connectivity index (χ2n) is 6.49. The highest BCUT2D eigenvalue weighted by Gasteiger charge is 2.49. The maximum absolute atomic E-state index is 13.1. The molecule has 0 saturated carbocycles. The van der Waals surface area contributed by atoms with Gasteiger partial charge in [0, 0.05) is 0 Å². The smallest absolute Gasteiger partial charge is 0.200 e. The monoisotopic (exact) mass is 382 g/mol.